The van der Waals surface area contributed by atoms with Crippen molar-refractivity contribution in [2.24, 2.45) is 0 Å². The van der Waals surface area contributed by atoms with Crippen molar-refractivity contribution in [3.05, 3.63) is 57.6 Å². The Hall–Kier alpha value is -1.96. The highest BCUT2D eigenvalue weighted by molar-refractivity contribution is 5.48. The summed E-state index contributed by atoms with van der Waals surface area (Å²) in [5, 5.41) is 19.9. The van der Waals surface area contributed by atoms with E-state index < -0.39 is 0 Å². The van der Waals surface area contributed by atoms with Crippen molar-refractivity contribution < 1.29 is 10.2 Å². The zero-order valence-corrected chi connectivity index (χ0v) is 11.9. The van der Waals surface area contributed by atoms with E-state index in [9.17, 15) is 10.2 Å². The molecule has 0 unspecified atom stereocenters. The zero-order chi connectivity index (χ0) is 14.2. The lowest BCUT2D eigenvalue weighted by Crippen LogP contribution is -1.95. The van der Waals surface area contributed by atoms with E-state index in [0.717, 1.165) is 33.4 Å². The van der Waals surface area contributed by atoms with Crippen molar-refractivity contribution in [1.29, 1.82) is 0 Å². The standard InChI is InChI=1S/C17H20O2/c1-10-5-12(3)15(17(19)6-10)8-14-7-11(2)13(4)16(18)9-14/h5-7,9,18-19H,8H2,1-4H3. The summed E-state index contributed by atoms with van der Waals surface area (Å²) >= 11 is 0. The summed E-state index contributed by atoms with van der Waals surface area (Å²) in [5.41, 5.74) is 6.06. The van der Waals surface area contributed by atoms with E-state index in [0.29, 0.717) is 17.9 Å². The van der Waals surface area contributed by atoms with E-state index >= 15 is 0 Å². The number of rotatable bonds is 2. The van der Waals surface area contributed by atoms with Crippen molar-refractivity contribution >= 4 is 0 Å². The van der Waals surface area contributed by atoms with Crippen LogP contribution in [0.3, 0.4) is 0 Å². The van der Waals surface area contributed by atoms with Gasteiger partial charge in [-0.05, 0) is 67.6 Å². The van der Waals surface area contributed by atoms with Gasteiger partial charge in [-0.3, -0.25) is 0 Å². The van der Waals surface area contributed by atoms with Gasteiger partial charge in [0, 0.05) is 12.0 Å². The van der Waals surface area contributed by atoms with Crippen LogP contribution in [0, 0.1) is 27.7 Å². The molecule has 0 saturated heterocycles. The average Bonchev–Trinajstić information content (AvgIpc) is 2.30. The summed E-state index contributed by atoms with van der Waals surface area (Å²) in [6.07, 6.45) is 0.632. The van der Waals surface area contributed by atoms with Crippen LogP contribution in [0.4, 0.5) is 0 Å². The van der Waals surface area contributed by atoms with Crippen molar-refractivity contribution in [3.8, 4) is 11.5 Å². The lowest BCUT2D eigenvalue weighted by atomic mass is 9.95. The van der Waals surface area contributed by atoms with Gasteiger partial charge in [-0.2, -0.15) is 0 Å². The molecule has 2 heteroatoms. The fraction of sp³-hybridized carbons (Fsp3) is 0.294. The van der Waals surface area contributed by atoms with Crippen LogP contribution in [-0.2, 0) is 6.42 Å². The van der Waals surface area contributed by atoms with Crippen molar-refractivity contribution in [2.75, 3.05) is 0 Å². The third-order valence-electron chi connectivity index (χ3n) is 3.67. The lowest BCUT2D eigenvalue weighted by molar-refractivity contribution is 0.466. The highest BCUT2D eigenvalue weighted by atomic mass is 16.3. The van der Waals surface area contributed by atoms with Crippen LogP contribution >= 0.6 is 0 Å². The molecule has 0 aliphatic carbocycles. The number of hydrogen-bond donors (Lipinski definition) is 2. The Kier molecular flexibility index (Phi) is 3.52. The predicted molar refractivity (Wildman–Crippen MR) is 78.0 cm³/mol. The molecule has 100 valence electrons. The first-order chi connectivity index (χ1) is 8.88. The fourth-order valence-electron chi connectivity index (χ4n) is 2.43. The van der Waals surface area contributed by atoms with Gasteiger partial charge in [-0.15, -0.1) is 0 Å². The van der Waals surface area contributed by atoms with Crippen LogP contribution < -0.4 is 0 Å². The first kappa shape index (κ1) is 13.5. The topological polar surface area (TPSA) is 40.5 Å². The highest BCUT2D eigenvalue weighted by Crippen LogP contribution is 2.28. The number of aryl methyl sites for hydroxylation is 3. The summed E-state index contributed by atoms with van der Waals surface area (Å²) in [6.45, 7) is 7.87. The van der Waals surface area contributed by atoms with Gasteiger partial charge in [0.1, 0.15) is 11.5 Å². The predicted octanol–water partition coefficient (Wildman–Crippen LogP) is 3.92. The SMILES string of the molecule is Cc1cc(C)c(Cc2cc(C)c(C)c(O)c2)c(O)c1. The molecule has 19 heavy (non-hydrogen) atoms. The number of phenolic OH excluding ortho intramolecular Hbond substituents is 2. The minimum Gasteiger partial charge on any atom is -0.508 e. The molecular formula is C17H20O2. The Morgan fingerprint density at radius 3 is 2.05 bits per heavy atom. The Morgan fingerprint density at radius 2 is 1.47 bits per heavy atom. The molecule has 0 bridgehead atoms. The molecule has 0 radical (unpaired) electrons. The average molecular weight is 256 g/mol. The van der Waals surface area contributed by atoms with Gasteiger partial charge in [-0.1, -0.05) is 12.1 Å². The summed E-state index contributed by atoms with van der Waals surface area (Å²) in [4.78, 5) is 0. The molecule has 0 aliphatic rings. The number of aromatic hydroxyl groups is 2. The van der Waals surface area contributed by atoms with Gasteiger partial charge in [0.25, 0.3) is 0 Å². The van der Waals surface area contributed by atoms with Crippen LogP contribution in [0.25, 0.3) is 0 Å². The molecule has 0 amide bonds. The van der Waals surface area contributed by atoms with Gasteiger partial charge in [0.2, 0.25) is 0 Å². The third kappa shape index (κ3) is 2.73. The third-order valence-corrected chi connectivity index (χ3v) is 3.67. The summed E-state index contributed by atoms with van der Waals surface area (Å²) < 4.78 is 0. The Bertz CT molecular complexity index is 581. The van der Waals surface area contributed by atoms with Gasteiger partial charge in [0.05, 0.1) is 0 Å². The van der Waals surface area contributed by atoms with Crippen molar-refractivity contribution in [3.63, 3.8) is 0 Å². The Morgan fingerprint density at radius 1 is 0.789 bits per heavy atom. The molecule has 2 aromatic carbocycles. The summed E-state index contributed by atoms with van der Waals surface area (Å²) in [5.74, 6) is 0.648. The van der Waals surface area contributed by atoms with E-state index in [1.807, 2.05) is 27.7 Å². The van der Waals surface area contributed by atoms with E-state index in [2.05, 4.69) is 12.1 Å². The second-order valence-electron chi connectivity index (χ2n) is 5.31. The molecule has 2 N–H and O–H groups in total. The molecule has 0 spiro atoms. The molecule has 0 heterocycles. The maximum absolute atomic E-state index is 10.1. The highest BCUT2D eigenvalue weighted by Gasteiger charge is 2.09. The Balaban J connectivity index is 2.42. The molecule has 0 atom stereocenters. The van der Waals surface area contributed by atoms with Gasteiger partial charge >= 0.3 is 0 Å². The molecule has 0 aromatic heterocycles. The molecule has 0 fully saturated rings. The van der Waals surface area contributed by atoms with Gasteiger partial charge in [0.15, 0.2) is 0 Å². The van der Waals surface area contributed by atoms with Crippen LogP contribution in [0.15, 0.2) is 24.3 Å². The maximum atomic E-state index is 10.1. The molecule has 2 aromatic rings. The van der Waals surface area contributed by atoms with Gasteiger partial charge in [-0.25, -0.2) is 0 Å². The summed E-state index contributed by atoms with van der Waals surface area (Å²) in [6, 6.07) is 7.69. The van der Waals surface area contributed by atoms with Crippen LogP contribution in [0.2, 0.25) is 0 Å². The minimum absolute atomic E-state index is 0.319. The Labute approximate surface area is 114 Å². The van der Waals surface area contributed by atoms with E-state index in [-0.39, 0.29) is 0 Å². The van der Waals surface area contributed by atoms with Crippen LogP contribution in [0.5, 0.6) is 11.5 Å². The largest absolute Gasteiger partial charge is 0.508 e. The van der Waals surface area contributed by atoms with Crippen LogP contribution in [0.1, 0.15) is 33.4 Å². The number of hydrogen-bond acceptors (Lipinski definition) is 2. The van der Waals surface area contributed by atoms with E-state index in [4.69, 9.17) is 0 Å². The molecular weight excluding hydrogens is 236 g/mol. The van der Waals surface area contributed by atoms with E-state index in [1.165, 1.54) is 0 Å². The fourth-order valence-corrected chi connectivity index (χ4v) is 2.43. The van der Waals surface area contributed by atoms with E-state index in [1.54, 1.807) is 12.1 Å². The first-order valence-electron chi connectivity index (χ1n) is 6.46. The van der Waals surface area contributed by atoms with Crippen molar-refractivity contribution in [1.82, 2.24) is 0 Å². The van der Waals surface area contributed by atoms with Crippen molar-refractivity contribution in [2.45, 2.75) is 34.1 Å². The maximum Gasteiger partial charge on any atom is 0.119 e. The smallest absolute Gasteiger partial charge is 0.119 e. The molecule has 0 saturated carbocycles. The monoisotopic (exact) mass is 256 g/mol. The first-order valence-corrected chi connectivity index (χ1v) is 6.46. The lowest BCUT2D eigenvalue weighted by Gasteiger charge is -2.12. The molecule has 2 nitrogen and oxygen atoms in total. The van der Waals surface area contributed by atoms with Crippen LogP contribution in [-0.4, -0.2) is 10.2 Å². The molecule has 2 rings (SSSR count). The van der Waals surface area contributed by atoms with Gasteiger partial charge < -0.3 is 10.2 Å². The zero-order valence-electron chi connectivity index (χ0n) is 11.9. The number of benzene rings is 2. The second kappa shape index (κ2) is 4.96. The second-order valence-corrected chi connectivity index (χ2v) is 5.31. The minimum atomic E-state index is 0.319. The normalized spacial score (nSPS) is 10.7. The quantitative estimate of drug-likeness (QED) is 0.855. The summed E-state index contributed by atoms with van der Waals surface area (Å²) in [7, 11) is 0. The molecule has 0 aliphatic heterocycles. The number of phenols is 2.